The predicted molar refractivity (Wildman–Crippen MR) is 169 cm³/mol. The van der Waals surface area contributed by atoms with Gasteiger partial charge in [0.2, 0.25) is 5.91 Å². The van der Waals surface area contributed by atoms with Gasteiger partial charge in [0.05, 0.1) is 22.3 Å². The molecule has 2 aliphatic carbocycles. The normalized spacial score (nSPS) is 24.6. The molecule has 1 amide bonds. The summed E-state index contributed by atoms with van der Waals surface area (Å²) in [5.74, 6) is 2.50. The Hall–Kier alpha value is -2.30. The molecule has 7 nitrogen and oxygen atoms in total. The van der Waals surface area contributed by atoms with Crippen molar-refractivity contribution in [3.05, 3.63) is 28.8 Å². The minimum absolute atomic E-state index is 0.238. The first-order valence-electron chi connectivity index (χ1n) is 16.2. The highest BCUT2D eigenvalue weighted by Crippen LogP contribution is 2.53. The number of benzene rings is 1. The number of hydrazone groups is 1. The van der Waals surface area contributed by atoms with Crippen molar-refractivity contribution >= 4 is 29.0 Å². The van der Waals surface area contributed by atoms with Crippen LogP contribution in [0.15, 0.2) is 23.3 Å². The van der Waals surface area contributed by atoms with Crippen molar-refractivity contribution in [2.24, 2.45) is 22.4 Å². The highest BCUT2D eigenvalue weighted by Gasteiger charge is 2.50. The first-order valence-corrected chi connectivity index (χ1v) is 16.6. The lowest BCUT2D eigenvalue weighted by atomic mass is 9.57. The molecule has 0 radical (unpaired) electrons. The Morgan fingerprint density at radius 2 is 1.63 bits per heavy atom. The third-order valence-corrected chi connectivity index (χ3v) is 10.2. The van der Waals surface area contributed by atoms with Gasteiger partial charge in [0.25, 0.3) is 0 Å². The summed E-state index contributed by atoms with van der Waals surface area (Å²) in [7, 11) is 2.14. The molecule has 2 saturated heterocycles. The van der Waals surface area contributed by atoms with Crippen LogP contribution in [0.1, 0.15) is 91.0 Å². The molecule has 1 aromatic carbocycles. The van der Waals surface area contributed by atoms with Gasteiger partial charge in [-0.25, -0.2) is 0 Å². The Kier molecular flexibility index (Phi) is 11.0. The van der Waals surface area contributed by atoms with E-state index >= 15 is 0 Å². The Morgan fingerprint density at radius 1 is 1.00 bits per heavy atom. The largest absolute Gasteiger partial charge is 0.359 e. The summed E-state index contributed by atoms with van der Waals surface area (Å²) in [5.41, 5.74) is 1.86. The number of carbonyl (C=O) groups excluding carboxylic acids is 1. The van der Waals surface area contributed by atoms with Crippen molar-refractivity contribution in [3.63, 3.8) is 0 Å². The van der Waals surface area contributed by atoms with Gasteiger partial charge in [0, 0.05) is 51.6 Å². The van der Waals surface area contributed by atoms with E-state index in [1.165, 1.54) is 31.5 Å². The van der Waals surface area contributed by atoms with Crippen LogP contribution in [0.5, 0.6) is 0 Å². The Labute approximate surface area is 253 Å². The van der Waals surface area contributed by atoms with Crippen LogP contribution >= 0.6 is 11.6 Å². The molecule has 8 heteroatoms. The van der Waals surface area contributed by atoms with E-state index < -0.39 is 0 Å². The maximum Gasteiger partial charge on any atom is 0.225 e. The van der Waals surface area contributed by atoms with Crippen LogP contribution in [0.4, 0.5) is 5.69 Å². The molecule has 1 unspecified atom stereocenters. The van der Waals surface area contributed by atoms with Crippen molar-refractivity contribution in [1.82, 2.24) is 14.7 Å². The summed E-state index contributed by atoms with van der Waals surface area (Å²) in [5, 5.41) is 17.2. The lowest BCUT2D eigenvalue weighted by Gasteiger charge is -2.53. The molecule has 1 atom stereocenters. The van der Waals surface area contributed by atoms with Crippen molar-refractivity contribution < 1.29 is 4.79 Å². The molecule has 6 rings (SSSR count). The van der Waals surface area contributed by atoms with E-state index in [9.17, 15) is 10.1 Å². The van der Waals surface area contributed by atoms with Crippen molar-refractivity contribution in [3.8, 4) is 6.07 Å². The summed E-state index contributed by atoms with van der Waals surface area (Å²) < 4.78 is 0. The molecule has 1 aromatic rings. The average molecular weight is 583 g/mol. The van der Waals surface area contributed by atoms with Gasteiger partial charge in [0.1, 0.15) is 11.9 Å². The molecule has 41 heavy (non-hydrogen) atoms. The third-order valence-electron chi connectivity index (χ3n) is 9.92. The number of halogens is 1. The summed E-state index contributed by atoms with van der Waals surface area (Å²) in [6, 6.07) is 8.26. The monoisotopic (exact) mass is 582 g/mol. The van der Waals surface area contributed by atoms with Crippen molar-refractivity contribution in [2.45, 2.75) is 91.5 Å². The van der Waals surface area contributed by atoms with Crippen LogP contribution in [0.3, 0.4) is 0 Å². The molecule has 5 aliphatic rings. The van der Waals surface area contributed by atoms with Gasteiger partial charge in [-0.15, -0.1) is 0 Å². The Bertz CT molecular complexity index is 1090. The predicted octanol–water partition coefficient (Wildman–Crippen LogP) is 6.61. The number of rotatable bonds is 3. The highest BCUT2D eigenvalue weighted by molar-refractivity contribution is 6.32. The molecule has 3 aliphatic heterocycles. The van der Waals surface area contributed by atoms with E-state index in [1.54, 1.807) is 0 Å². The molecule has 2 saturated carbocycles. The number of piperazine rings is 1. The number of hydrogen-bond donors (Lipinski definition) is 0. The van der Waals surface area contributed by atoms with E-state index in [0.717, 1.165) is 77.1 Å². The van der Waals surface area contributed by atoms with Crippen LogP contribution in [0, 0.1) is 28.6 Å². The zero-order valence-electron chi connectivity index (χ0n) is 26.0. The average Bonchev–Trinajstić information content (AvgIpc) is 3.69. The van der Waals surface area contributed by atoms with E-state index in [-0.39, 0.29) is 5.92 Å². The van der Waals surface area contributed by atoms with E-state index in [4.69, 9.17) is 16.7 Å². The summed E-state index contributed by atoms with van der Waals surface area (Å²) in [4.78, 5) is 19.9. The van der Waals surface area contributed by atoms with Gasteiger partial charge in [-0.2, -0.15) is 10.4 Å². The molecule has 4 fully saturated rings. The standard InChI is InChI=1S/C29H39ClN6O.2C2H6/c1-33-12-14-35(15-13-33)28(37)23-18-29(19-23)8-10-34(11-9-29)27-17-26(21-4-2-3-5-21)36(32-27)24-7-6-22(20-31)25(30)16-24;2*1-2/h6-7,16,21,23,26H,2-5,8-15,17-19H2,1H3;2*1-2H3. The van der Waals surface area contributed by atoms with Crippen LogP contribution < -0.4 is 5.01 Å². The van der Waals surface area contributed by atoms with Gasteiger partial charge in [-0.1, -0.05) is 52.1 Å². The second-order valence-electron chi connectivity index (χ2n) is 12.2. The number of amidine groups is 1. The van der Waals surface area contributed by atoms with Gasteiger partial charge < -0.3 is 14.7 Å². The van der Waals surface area contributed by atoms with Gasteiger partial charge in [-0.05, 0) is 75.1 Å². The molecule has 0 aromatic heterocycles. The van der Waals surface area contributed by atoms with Crippen LogP contribution in [0.2, 0.25) is 5.02 Å². The third kappa shape index (κ3) is 6.86. The zero-order chi connectivity index (χ0) is 29.6. The number of carbonyl (C=O) groups is 1. The van der Waals surface area contributed by atoms with E-state index in [2.05, 4.69) is 32.8 Å². The van der Waals surface area contributed by atoms with Crippen molar-refractivity contribution in [2.75, 3.05) is 51.3 Å². The Balaban J connectivity index is 0.000000929. The molecular weight excluding hydrogens is 532 g/mol. The number of nitriles is 1. The molecule has 0 N–H and O–H groups in total. The number of hydrogen-bond acceptors (Lipinski definition) is 6. The lowest BCUT2D eigenvalue weighted by Crippen LogP contribution is -2.55. The summed E-state index contributed by atoms with van der Waals surface area (Å²) in [6.45, 7) is 13.8. The van der Waals surface area contributed by atoms with Gasteiger partial charge in [-0.3, -0.25) is 9.80 Å². The maximum absolute atomic E-state index is 13.0. The summed E-state index contributed by atoms with van der Waals surface area (Å²) >= 11 is 6.41. The van der Waals surface area contributed by atoms with E-state index in [1.807, 2.05) is 45.9 Å². The fourth-order valence-corrected chi connectivity index (χ4v) is 7.71. The van der Waals surface area contributed by atoms with Gasteiger partial charge >= 0.3 is 0 Å². The number of likely N-dealkylation sites (N-methyl/N-ethyl adjacent to an activating group) is 1. The van der Waals surface area contributed by atoms with Crippen molar-refractivity contribution in [1.29, 1.82) is 5.26 Å². The van der Waals surface area contributed by atoms with Gasteiger partial charge in [0.15, 0.2) is 0 Å². The number of nitrogens with zero attached hydrogens (tertiary/aromatic N) is 6. The molecular formula is C33H51ClN6O. The molecule has 0 bridgehead atoms. The molecule has 226 valence electrons. The SMILES string of the molecule is CC.CC.CN1CCN(C(=O)C2CC3(CCN(C4=NN(c5ccc(C#N)c(Cl)c5)C(C5CCCC5)C4)CC3)C2)CC1. The smallest absolute Gasteiger partial charge is 0.225 e. The minimum Gasteiger partial charge on any atom is -0.359 e. The second kappa shape index (κ2) is 14.2. The van der Waals surface area contributed by atoms with Crippen LogP contribution in [0.25, 0.3) is 0 Å². The fourth-order valence-electron chi connectivity index (χ4n) is 7.49. The number of anilines is 1. The number of amides is 1. The van der Waals surface area contributed by atoms with E-state index in [0.29, 0.717) is 33.9 Å². The first-order chi connectivity index (χ1) is 19.9. The number of piperidine rings is 1. The first kappa shape index (κ1) is 31.6. The summed E-state index contributed by atoms with van der Waals surface area (Å²) in [6.07, 6.45) is 10.6. The lowest BCUT2D eigenvalue weighted by molar-refractivity contribution is -0.147. The second-order valence-corrected chi connectivity index (χ2v) is 12.6. The molecule has 1 spiro atoms. The topological polar surface area (TPSA) is 66.2 Å². The van der Waals surface area contributed by atoms with Crippen LogP contribution in [-0.2, 0) is 4.79 Å². The maximum atomic E-state index is 13.0. The fraction of sp³-hybridized carbons (Fsp3) is 0.727. The number of likely N-dealkylation sites (tertiary alicyclic amines) is 1. The minimum atomic E-state index is 0.238. The van der Waals surface area contributed by atoms with Crippen LogP contribution in [-0.4, -0.2) is 78.8 Å². The zero-order valence-corrected chi connectivity index (χ0v) is 26.8. The quantitative estimate of drug-likeness (QED) is 0.401. The Morgan fingerprint density at radius 3 is 2.22 bits per heavy atom. The molecule has 3 heterocycles. The highest BCUT2D eigenvalue weighted by atomic mass is 35.5.